The molecule has 0 spiro atoms. The Hall–Kier alpha value is -3.10. The van der Waals surface area contributed by atoms with Gasteiger partial charge in [-0.05, 0) is 55.2 Å². The Morgan fingerprint density at radius 3 is 2.56 bits per heavy atom. The van der Waals surface area contributed by atoms with E-state index in [-0.39, 0.29) is 29.4 Å². The Labute approximate surface area is 204 Å². The van der Waals surface area contributed by atoms with E-state index in [9.17, 15) is 13.2 Å². The molecule has 0 unspecified atom stereocenters. The van der Waals surface area contributed by atoms with Gasteiger partial charge in [0.2, 0.25) is 5.91 Å². The van der Waals surface area contributed by atoms with Gasteiger partial charge in [-0.25, -0.2) is 13.4 Å². The molecule has 0 fully saturated rings. The van der Waals surface area contributed by atoms with Crippen LogP contribution in [0.5, 0.6) is 0 Å². The summed E-state index contributed by atoms with van der Waals surface area (Å²) in [6, 6.07) is 16.6. The minimum Gasteiger partial charge on any atom is -0.284 e. The number of carbonyl (C=O) groups excluding carboxylic acids is 1. The summed E-state index contributed by atoms with van der Waals surface area (Å²) >= 11 is 1.48. The highest BCUT2D eigenvalue weighted by Gasteiger charge is 2.22. The van der Waals surface area contributed by atoms with Gasteiger partial charge in [0.05, 0.1) is 27.4 Å². The molecule has 2 heterocycles. The number of benzene rings is 2. The largest absolute Gasteiger partial charge is 0.284 e. The number of anilines is 1. The Morgan fingerprint density at radius 2 is 1.85 bits per heavy atom. The van der Waals surface area contributed by atoms with Gasteiger partial charge in [0.25, 0.3) is 0 Å². The molecule has 0 saturated heterocycles. The zero-order chi connectivity index (χ0) is 24.1. The van der Waals surface area contributed by atoms with Crippen molar-refractivity contribution < 1.29 is 13.2 Å². The maximum absolute atomic E-state index is 13.3. The summed E-state index contributed by atoms with van der Waals surface area (Å²) < 4.78 is 26.4. The molecule has 0 atom stereocenters. The molecule has 1 amide bonds. The number of pyridine rings is 1. The topological polar surface area (TPSA) is 80.2 Å². The minimum absolute atomic E-state index is 0.0810. The van der Waals surface area contributed by atoms with Gasteiger partial charge in [-0.15, -0.1) is 0 Å². The second kappa shape index (κ2) is 10.4. The fourth-order valence-corrected chi connectivity index (χ4v) is 6.08. The quantitative estimate of drug-likeness (QED) is 0.314. The number of hydrogen-bond acceptors (Lipinski definition) is 6. The summed E-state index contributed by atoms with van der Waals surface area (Å²) in [5.74, 6) is -0.234. The highest BCUT2D eigenvalue weighted by Crippen LogP contribution is 2.32. The minimum atomic E-state index is -3.45. The molecule has 0 aliphatic carbocycles. The number of carbonyl (C=O) groups is 1. The van der Waals surface area contributed by atoms with Crippen molar-refractivity contribution in [2.45, 2.75) is 44.6 Å². The molecule has 0 bridgehead atoms. The van der Waals surface area contributed by atoms with E-state index in [0.717, 1.165) is 33.3 Å². The fraction of sp³-hybridized carbons (Fsp3) is 0.269. The van der Waals surface area contributed by atoms with Crippen molar-refractivity contribution in [2.75, 3.05) is 10.7 Å². The molecular formula is C26H27N3O3S2. The van der Waals surface area contributed by atoms with Crippen LogP contribution in [0, 0.1) is 6.92 Å². The van der Waals surface area contributed by atoms with Crippen molar-refractivity contribution >= 4 is 42.4 Å². The number of rotatable bonds is 9. The number of nitrogens with zero attached hydrogens (tertiary/aromatic N) is 3. The Kier molecular flexibility index (Phi) is 7.38. The van der Waals surface area contributed by atoms with Crippen LogP contribution in [0.1, 0.15) is 36.5 Å². The van der Waals surface area contributed by atoms with Gasteiger partial charge in [0.1, 0.15) is 0 Å². The van der Waals surface area contributed by atoms with Crippen LogP contribution >= 0.6 is 11.3 Å². The van der Waals surface area contributed by atoms with Crippen molar-refractivity contribution in [1.82, 2.24) is 9.97 Å². The fourth-order valence-electron chi connectivity index (χ4n) is 3.74. The zero-order valence-corrected chi connectivity index (χ0v) is 20.9. The molecule has 34 heavy (non-hydrogen) atoms. The van der Waals surface area contributed by atoms with Gasteiger partial charge >= 0.3 is 0 Å². The number of thiazole rings is 1. The van der Waals surface area contributed by atoms with Crippen LogP contribution in [0.4, 0.5) is 5.13 Å². The second-order valence-electron chi connectivity index (χ2n) is 8.19. The van der Waals surface area contributed by atoms with E-state index in [2.05, 4.69) is 18.0 Å². The van der Waals surface area contributed by atoms with E-state index < -0.39 is 9.84 Å². The molecule has 0 saturated carbocycles. The number of aromatic nitrogens is 2. The summed E-state index contributed by atoms with van der Waals surface area (Å²) in [5.41, 5.74) is 3.94. The maximum atomic E-state index is 13.3. The van der Waals surface area contributed by atoms with E-state index in [1.807, 2.05) is 31.2 Å². The van der Waals surface area contributed by atoms with Gasteiger partial charge < -0.3 is 0 Å². The Balaban J connectivity index is 1.54. The number of para-hydroxylation sites is 1. The molecule has 0 radical (unpaired) electrons. The maximum Gasteiger partial charge on any atom is 0.229 e. The van der Waals surface area contributed by atoms with Gasteiger partial charge in [0, 0.05) is 18.8 Å². The molecule has 4 rings (SSSR count). The van der Waals surface area contributed by atoms with Crippen molar-refractivity contribution in [3.63, 3.8) is 0 Å². The lowest BCUT2D eigenvalue weighted by molar-refractivity contribution is -0.118. The van der Waals surface area contributed by atoms with Crippen LogP contribution < -0.4 is 4.90 Å². The molecule has 2 aromatic heterocycles. The van der Waals surface area contributed by atoms with Crippen molar-refractivity contribution in [3.05, 3.63) is 83.7 Å². The lowest BCUT2D eigenvalue weighted by atomic mass is 10.1. The van der Waals surface area contributed by atoms with Crippen LogP contribution in [-0.2, 0) is 27.6 Å². The molecular weight excluding hydrogens is 466 g/mol. The van der Waals surface area contributed by atoms with Crippen LogP contribution in [-0.4, -0.2) is 30.0 Å². The first-order chi connectivity index (χ1) is 16.4. The summed E-state index contributed by atoms with van der Waals surface area (Å²) in [5, 5.41) is 0.617. The average molecular weight is 494 g/mol. The SMILES string of the molecule is CCc1cccc2sc(N(Cc3cccnc3)C(=O)CCCS(=O)(=O)c3ccc(C)cc3)nc12. The molecule has 6 nitrogen and oxygen atoms in total. The molecule has 0 aliphatic rings. The van der Waals surface area contributed by atoms with E-state index >= 15 is 0 Å². The third kappa shape index (κ3) is 5.51. The van der Waals surface area contributed by atoms with Crippen LogP contribution in [0.15, 0.2) is 71.9 Å². The molecule has 2 aromatic carbocycles. The van der Waals surface area contributed by atoms with Crippen molar-refractivity contribution in [3.8, 4) is 0 Å². The zero-order valence-electron chi connectivity index (χ0n) is 19.3. The third-order valence-corrected chi connectivity index (χ3v) is 8.51. The first-order valence-electron chi connectivity index (χ1n) is 11.2. The van der Waals surface area contributed by atoms with Crippen molar-refractivity contribution in [1.29, 1.82) is 0 Å². The summed E-state index contributed by atoms with van der Waals surface area (Å²) in [6.45, 7) is 4.33. The summed E-state index contributed by atoms with van der Waals surface area (Å²) in [7, 11) is -3.45. The van der Waals surface area contributed by atoms with Crippen LogP contribution in [0.3, 0.4) is 0 Å². The number of amides is 1. The smallest absolute Gasteiger partial charge is 0.229 e. The normalized spacial score (nSPS) is 11.6. The predicted molar refractivity (Wildman–Crippen MR) is 137 cm³/mol. The molecule has 4 aromatic rings. The Bertz CT molecular complexity index is 1380. The highest BCUT2D eigenvalue weighted by molar-refractivity contribution is 7.91. The third-order valence-electron chi connectivity index (χ3n) is 5.65. The molecule has 8 heteroatoms. The number of hydrogen-bond donors (Lipinski definition) is 0. The summed E-state index contributed by atoms with van der Waals surface area (Å²) in [4.78, 5) is 24.2. The Morgan fingerprint density at radius 1 is 1.06 bits per heavy atom. The van der Waals surface area contributed by atoms with E-state index in [1.54, 1.807) is 41.6 Å². The average Bonchev–Trinajstić information content (AvgIpc) is 3.27. The predicted octanol–water partition coefficient (Wildman–Crippen LogP) is 5.35. The summed E-state index contributed by atoms with van der Waals surface area (Å²) in [6.07, 6.45) is 4.63. The van der Waals surface area contributed by atoms with Crippen molar-refractivity contribution in [2.24, 2.45) is 0 Å². The molecule has 0 aliphatic heterocycles. The van der Waals surface area contributed by atoms with E-state index in [1.165, 1.54) is 11.3 Å². The standard InChI is InChI=1S/C26H27N3O3S2/c1-3-21-8-4-9-23-25(21)28-26(33-23)29(18-20-7-5-15-27-17-20)24(30)10-6-16-34(31,32)22-13-11-19(2)12-14-22/h4-5,7-9,11-15,17H,3,6,10,16,18H2,1-2H3. The van der Waals surface area contributed by atoms with Crippen LogP contribution in [0.25, 0.3) is 10.2 Å². The van der Waals surface area contributed by atoms with Gasteiger partial charge in [-0.1, -0.05) is 54.2 Å². The highest BCUT2D eigenvalue weighted by atomic mass is 32.2. The monoisotopic (exact) mass is 493 g/mol. The number of aryl methyl sites for hydroxylation is 2. The first-order valence-corrected chi connectivity index (χ1v) is 13.7. The lowest BCUT2D eigenvalue weighted by Crippen LogP contribution is -2.30. The van der Waals surface area contributed by atoms with E-state index in [0.29, 0.717) is 11.7 Å². The second-order valence-corrected chi connectivity index (χ2v) is 11.3. The number of fused-ring (bicyclic) bond motifs is 1. The first kappa shape index (κ1) is 24.0. The lowest BCUT2D eigenvalue weighted by Gasteiger charge is -2.20. The van der Waals surface area contributed by atoms with Gasteiger partial charge in [-0.3, -0.25) is 14.7 Å². The van der Waals surface area contributed by atoms with Crippen LogP contribution in [0.2, 0.25) is 0 Å². The van der Waals surface area contributed by atoms with Gasteiger partial charge in [0.15, 0.2) is 15.0 Å². The molecule has 0 N–H and O–H groups in total. The molecule has 176 valence electrons. The number of sulfone groups is 1. The van der Waals surface area contributed by atoms with E-state index in [4.69, 9.17) is 4.98 Å². The van der Waals surface area contributed by atoms with Gasteiger partial charge in [-0.2, -0.15) is 0 Å².